The maximum atomic E-state index is 10.9. The first-order chi connectivity index (χ1) is 6.74. The van der Waals surface area contributed by atoms with Crippen molar-refractivity contribution in [3.63, 3.8) is 0 Å². The molecule has 0 amide bonds. The Morgan fingerprint density at radius 2 is 2.43 bits per heavy atom. The van der Waals surface area contributed by atoms with Gasteiger partial charge in [-0.05, 0) is 13.3 Å². The Bertz CT molecular complexity index is 324. The highest BCUT2D eigenvalue weighted by atomic mass is 16.6. The summed E-state index contributed by atoms with van der Waals surface area (Å²) in [6, 6.07) is 1.71. The molecule has 0 fully saturated rings. The molecule has 4 heteroatoms. The second-order valence-corrected chi connectivity index (χ2v) is 3.01. The lowest BCUT2D eigenvalue weighted by atomic mass is 10.2. The van der Waals surface area contributed by atoms with E-state index >= 15 is 0 Å². The van der Waals surface area contributed by atoms with E-state index in [0.717, 1.165) is 22.3 Å². The van der Waals surface area contributed by atoms with Crippen LogP contribution in [0.3, 0.4) is 0 Å². The minimum atomic E-state index is 0.615. The molecule has 0 aromatic carbocycles. The smallest absolute Gasteiger partial charge is 0.183 e. The van der Waals surface area contributed by atoms with Gasteiger partial charge >= 0.3 is 0 Å². The van der Waals surface area contributed by atoms with E-state index in [4.69, 9.17) is 4.84 Å². The molecular formula is C10H14N2O2. The van der Waals surface area contributed by atoms with Gasteiger partial charge in [0, 0.05) is 17.2 Å². The summed E-state index contributed by atoms with van der Waals surface area (Å²) in [7, 11) is 0. The summed E-state index contributed by atoms with van der Waals surface area (Å²) in [6.07, 6.45) is 5.49. The molecule has 0 bridgehead atoms. The van der Waals surface area contributed by atoms with Gasteiger partial charge < -0.3 is 10.0 Å². The first-order valence-corrected chi connectivity index (χ1v) is 4.58. The summed E-state index contributed by atoms with van der Waals surface area (Å²) >= 11 is 0. The number of hydrogen-bond donors (Lipinski definition) is 0. The fourth-order valence-electron chi connectivity index (χ4n) is 0.977. The van der Waals surface area contributed by atoms with Gasteiger partial charge in [-0.2, -0.15) is 4.73 Å². The molecule has 14 heavy (non-hydrogen) atoms. The molecule has 0 atom stereocenters. The standard InChI is InChI=1S/C10H14N2O2/c1-3-6-14-11-7-10-4-5-12(13)8-9(10)2/h4-5,7-8H,3,6H2,1-2H3/b11-7-. The zero-order valence-electron chi connectivity index (χ0n) is 8.43. The number of aryl methyl sites for hydroxylation is 1. The molecule has 4 nitrogen and oxygen atoms in total. The van der Waals surface area contributed by atoms with Crippen LogP contribution in [0.5, 0.6) is 0 Å². The van der Waals surface area contributed by atoms with Crippen LogP contribution in [-0.2, 0) is 4.84 Å². The third kappa shape index (κ3) is 3.05. The van der Waals surface area contributed by atoms with Gasteiger partial charge in [0.2, 0.25) is 0 Å². The first-order valence-electron chi connectivity index (χ1n) is 4.58. The van der Waals surface area contributed by atoms with Crippen LogP contribution in [0.2, 0.25) is 0 Å². The summed E-state index contributed by atoms with van der Waals surface area (Å²) in [6.45, 7) is 4.49. The quantitative estimate of drug-likeness (QED) is 0.239. The van der Waals surface area contributed by atoms with Crippen molar-refractivity contribution < 1.29 is 9.57 Å². The van der Waals surface area contributed by atoms with Gasteiger partial charge in [-0.3, -0.25) is 0 Å². The molecule has 1 heterocycles. The average molecular weight is 194 g/mol. The van der Waals surface area contributed by atoms with Crippen LogP contribution in [0.4, 0.5) is 0 Å². The van der Waals surface area contributed by atoms with Crippen LogP contribution in [0.15, 0.2) is 23.6 Å². The minimum absolute atomic E-state index is 0.615. The fraction of sp³-hybridized carbons (Fsp3) is 0.400. The number of nitrogens with zero attached hydrogens (tertiary/aromatic N) is 2. The van der Waals surface area contributed by atoms with Crippen molar-refractivity contribution in [2.24, 2.45) is 5.16 Å². The van der Waals surface area contributed by atoms with Crippen LogP contribution in [0, 0.1) is 12.1 Å². The predicted octanol–water partition coefficient (Wildman–Crippen LogP) is 1.39. The molecule has 1 rings (SSSR count). The lowest BCUT2D eigenvalue weighted by molar-refractivity contribution is -0.605. The Morgan fingerprint density at radius 1 is 1.64 bits per heavy atom. The molecule has 0 unspecified atom stereocenters. The van der Waals surface area contributed by atoms with Crippen LogP contribution in [0.25, 0.3) is 0 Å². The van der Waals surface area contributed by atoms with Crippen molar-refractivity contribution in [1.82, 2.24) is 0 Å². The molecule has 0 aliphatic rings. The van der Waals surface area contributed by atoms with Gasteiger partial charge in [0.25, 0.3) is 0 Å². The molecule has 0 N–H and O–H groups in total. The zero-order chi connectivity index (χ0) is 10.4. The van der Waals surface area contributed by atoms with Crippen molar-refractivity contribution in [2.45, 2.75) is 20.3 Å². The number of oxime groups is 1. The van der Waals surface area contributed by atoms with Crippen LogP contribution < -0.4 is 4.73 Å². The van der Waals surface area contributed by atoms with E-state index in [1.165, 1.54) is 12.4 Å². The van der Waals surface area contributed by atoms with Gasteiger partial charge in [0.15, 0.2) is 12.4 Å². The van der Waals surface area contributed by atoms with Gasteiger partial charge in [-0.1, -0.05) is 12.1 Å². The van der Waals surface area contributed by atoms with E-state index in [0.29, 0.717) is 6.61 Å². The van der Waals surface area contributed by atoms with Crippen LogP contribution in [-0.4, -0.2) is 12.8 Å². The molecule has 0 saturated heterocycles. The summed E-state index contributed by atoms with van der Waals surface area (Å²) in [5.41, 5.74) is 1.78. The summed E-state index contributed by atoms with van der Waals surface area (Å²) in [5, 5.41) is 14.6. The third-order valence-corrected chi connectivity index (χ3v) is 1.74. The summed E-state index contributed by atoms with van der Waals surface area (Å²) < 4.78 is 0.763. The number of pyridine rings is 1. The van der Waals surface area contributed by atoms with E-state index in [2.05, 4.69) is 5.16 Å². The Morgan fingerprint density at radius 3 is 3.07 bits per heavy atom. The maximum Gasteiger partial charge on any atom is 0.183 e. The largest absolute Gasteiger partial charge is 0.619 e. The fourth-order valence-corrected chi connectivity index (χ4v) is 0.977. The molecular weight excluding hydrogens is 180 g/mol. The SMILES string of the molecule is CCCO/N=C\c1cc[n+]([O-])cc1C. The molecule has 1 aromatic rings. The molecule has 1 aromatic heterocycles. The maximum absolute atomic E-state index is 10.9. The Labute approximate surface area is 83.4 Å². The Hall–Kier alpha value is -1.58. The molecule has 76 valence electrons. The molecule has 0 aliphatic heterocycles. The highest BCUT2D eigenvalue weighted by Gasteiger charge is 1.98. The number of rotatable bonds is 4. The van der Waals surface area contributed by atoms with Crippen LogP contribution >= 0.6 is 0 Å². The molecule has 0 radical (unpaired) electrons. The molecule has 0 spiro atoms. The van der Waals surface area contributed by atoms with Gasteiger partial charge in [-0.15, -0.1) is 0 Å². The van der Waals surface area contributed by atoms with Gasteiger partial charge in [0.05, 0.1) is 6.21 Å². The van der Waals surface area contributed by atoms with E-state index in [1.807, 2.05) is 13.8 Å². The Balaban J connectivity index is 2.62. The van der Waals surface area contributed by atoms with E-state index < -0.39 is 0 Å². The highest BCUT2D eigenvalue weighted by molar-refractivity contribution is 5.80. The first kappa shape index (κ1) is 10.5. The van der Waals surface area contributed by atoms with Crippen molar-refractivity contribution >= 4 is 6.21 Å². The van der Waals surface area contributed by atoms with Crippen molar-refractivity contribution in [3.8, 4) is 0 Å². The highest BCUT2D eigenvalue weighted by Crippen LogP contribution is 2.00. The van der Waals surface area contributed by atoms with E-state index in [1.54, 1.807) is 12.3 Å². The Kier molecular flexibility index (Phi) is 3.91. The third-order valence-electron chi connectivity index (χ3n) is 1.74. The van der Waals surface area contributed by atoms with Gasteiger partial charge in [-0.25, -0.2) is 0 Å². The summed E-state index contributed by atoms with van der Waals surface area (Å²) in [5.74, 6) is 0. The minimum Gasteiger partial charge on any atom is -0.619 e. The van der Waals surface area contributed by atoms with Crippen molar-refractivity contribution in [3.05, 3.63) is 34.8 Å². The predicted molar refractivity (Wildman–Crippen MR) is 54.0 cm³/mol. The van der Waals surface area contributed by atoms with Crippen molar-refractivity contribution in [1.29, 1.82) is 0 Å². The topological polar surface area (TPSA) is 48.5 Å². The second-order valence-electron chi connectivity index (χ2n) is 3.01. The van der Waals surface area contributed by atoms with Crippen LogP contribution in [0.1, 0.15) is 24.5 Å². The average Bonchev–Trinajstić information content (AvgIpc) is 2.15. The second kappa shape index (κ2) is 5.21. The lowest BCUT2D eigenvalue weighted by Gasteiger charge is -1.99. The van der Waals surface area contributed by atoms with E-state index in [9.17, 15) is 5.21 Å². The molecule has 0 saturated carbocycles. The van der Waals surface area contributed by atoms with Gasteiger partial charge in [0.1, 0.15) is 6.61 Å². The van der Waals surface area contributed by atoms with E-state index in [-0.39, 0.29) is 0 Å². The monoisotopic (exact) mass is 194 g/mol. The lowest BCUT2D eigenvalue weighted by Crippen LogP contribution is -2.25. The number of aromatic nitrogens is 1. The normalized spacial score (nSPS) is 10.7. The molecule has 0 aliphatic carbocycles. The summed E-state index contributed by atoms with van der Waals surface area (Å²) in [4.78, 5) is 4.96. The number of hydrogen-bond acceptors (Lipinski definition) is 3. The zero-order valence-corrected chi connectivity index (χ0v) is 8.43. The van der Waals surface area contributed by atoms with Crippen molar-refractivity contribution in [2.75, 3.05) is 6.61 Å².